The van der Waals surface area contributed by atoms with Gasteiger partial charge in [-0.25, -0.2) is 4.99 Å². The molecule has 0 spiro atoms. The van der Waals surface area contributed by atoms with Crippen molar-refractivity contribution in [1.82, 2.24) is 5.06 Å². The molecule has 0 aliphatic carbocycles. The lowest BCUT2D eigenvalue weighted by Crippen LogP contribution is -2.54. The molecule has 1 aromatic rings. The molecule has 0 fully saturated rings. The van der Waals surface area contributed by atoms with Crippen LogP contribution in [-0.2, 0) is 4.84 Å². The van der Waals surface area contributed by atoms with Gasteiger partial charge in [-0.05, 0) is 38.0 Å². The zero-order valence-electron chi connectivity index (χ0n) is 12.8. The van der Waals surface area contributed by atoms with Crippen LogP contribution in [0.5, 0.6) is 0 Å². The minimum absolute atomic E-state index is 0. The number of hydrogen-bond donors (Lipinski definition) is 2. The van der Waals surface area contributed by atoms with E-state index in [1.54, 1.807) is 0 Å². The highest BCUT2D eigenvalue weighted by atomic mass is 79.9. The molecule has 1 aliphatic rings. The van der Waals surface area contributed by atoms with E-state index in [4.69, 9.17) is 27.9 Å². The van der Waals surface area contributed by atoms with E-state index in [2.05, 4.69) is 9.98 Å². The van der Waals surface area contributed by atoms with Crippen LogP contribution in [0.15, 0.2) is 34.3 Å². The molecule has 0 saturated heterocycles. The van der Waals surface area contributed by atoms with Gasteiger partial charge in [0.15, 0.2) is 5.66 Å². The van der Waals surface area contributed by atoms with E-state index >= 15 is 0 Å². The van der Waals surface area contributed by atoms with Crippen molar-refractivity contribution >= 4 is 40.5 Å². The van der Waals surface area contributed by atoms with Crippen molar-refractivity contribution in [3.63, 3.8) is 0 Å². The Balaban J connectivity index is 0.00000242. The SMILES string of the molecule is Br.CCC(ON1C(N)=NC(N)=NC1(C)C)c1ccc(Cl)cc1. The van der Waals surface area contributed by atoms with Crippen LogP contribution in [0, 0.1) is 0 Å². The number of hydroxylamine groups is 2. The van der Waals surface area contributed by atoms with Crippen molar-refractivity contribution < 1.29 is 4.84 Å². The summed E-state index contributed by atoms with van der Waals surface area (Å²) in [6.45, 7) is 5.74. The van der Waals surface area contributed by atoms with E-state index in [1.807, 2.05) is 45.0 Å². The number of nitrogens with two attached hydrogens (primary N) is 2. The van der Waals surface area contributed by atoms with Gasteiger partial charge in [0.05, 0.1) is 0 Å². The summed E-state index contributed by atoms with van der Waals surface area (Å²) < 4.78 is 0. The summed E-state index contributed by atoms with van der Waals surface area (Å²) in [6.07, 6.45) is 0.588. The average Bonchev–Trinajstić information content (AvgIpc) is 2.38. The summed E-state index contributed by atoms with van der Waals surface area (Å²) >= 11 is 5.91. The predicted octanol–water partition coefficient (Wildman–Crippen LogP) is 2.98. The second-order valence-electron chi connectivity index (χ2n) is 5.28. The van der Waals surface area contributed by atoms with Gasteiger partial charge in [-0.3, -0.25) is 4.84 Å². The van der Waals surface area contributed by atoms with E-state index < -0.39 is 5.66 Å². The average molecular weight is 391 g/mol. The second kappa shape index (κ2) is 7.30. The van der Waals surface area contributed by atoms with Crippen LogP contribution < -0.4 is 11.5 Å². The number of guanidine groups is 2. The van der Waals surface area contributed by atoms with Crippen molar-refractivity contribution in [2.45, 2.75) is 39.0 Å². The molecule has 0 radical (unpaired) electrons. The molecule has 8 heteroatoms. The van der Waals surface area contributed by atoms with Crippen molar-refractivity contribution in [2.24, 2.45) is 21.5 Å². The first-order chi connectivity index (χ1) is 9.83. The van der Waals surface area contributed by atoms with Crippen molar-refractivity contribution in [3.8, 4) is 0 Å². The zero-order chi connectivity index (χ0) is 15.6. The standard InChI is InChI=1S/C14H20ClN5O.BrH/c1-4-11(9-5-7-10(15)8-6-9)21-20-13(17)18-12(16)19-14(20,2)3;/h5-8,11H,4H2,1-3H3,(H4,16,17,18,19);1H. The summed E-state index contributed by atoms with van der Waals surface area (Å²) in [5, 5.41) is 2.18. The lowest BCUT2D eigenvalue weighted by Gasteiger charge is -2.39. The number of rotatable bonds is 4. The highest BCUT2D eigenvalue weighted by Gasteiger charge is 2.34. The molecule has 1 aliphatic heterocycles. The third kappa shape index (κ3) is 4.12. The van der Waals surface area contributed by atoms with Crippen LogP contribution in [0.4, 0.5) is 0 Å². The minimum atomic E-state index is -0.713. The molecule has 0 aromatic heterocycles. The topological polar surface area (TPSA) is 89.2 Å². The Morgan fingerprint density at radius 2 is 1.86 bits per heavy atom. The van der Waals surface area contributed by atoms with Crippen LogP contribution >= 0.6 is 28.6 Å². The van der Waals surface area contributed by atoms with E-state index in [0.29, 0.717) is 5.02 Å². The fraction of sp³-hybridized carbons (Fsp3) is 0.429. The van der Waals surface area contributed by atoms with Crippen LogP contribution in [0.2, 0.25) is 5.02 Å². The van der Waals surface area contributed by atoms with Gasteiger partial charge in [-0.2, -0.15) is 10.1 Å². The molecule has 0 amide bonds. The number of hydrogen-bond acceptors (Lipinski definition) is 6. The maximum Gasteiger partial charge on any atom is 0.226 e. The van der Waals surface area contributed by atoms with Crippen molar-refractivity contribution in [2.75, 3.05) is 0 Å². The lowest BCUT2D eigenvalue weighted by atomic mass is 10.1. The quantitative estimate of drug-likeness (QED) is 0.827. The molecule has 0 saturated carbocycles. The van der Waals surface area contributed by atoms with E-state index in [-0.39, 0.29) is 35.0 Å². The van der Waals surface area contributed by atoms with Gasteiger partial charge in [-0.15, -0.1) is 17.0 Å². The highest BCUT2D eigenvalue weighted by Crippen LogP contribution is 2.29. The van der Waals surface area contributed by atoms with Gasteiger partial charge in [0.1, 0.15) is 6.10 Å². The highest BCUT2D eigenvalue weighted by molar-refractivity contribution is 8.93. The fourth-order valence-electron chi connectivity index (χ4n) is 2.15. The Labute approximate surface area is 145 Å². The maximum atomic E-state index is 6.01. The molecule has 22 heavy (non-hydrogen) atoms. The molecule has 1 unspecified atom stereocenters. The maximum absolute atomic E-state index is 6.01. The second-order valence-corrected chi connectivity index (χ2v) is 5.72. The Bertz CT molecular complexity index is 573. The van der Waals surface area contributed by atoms with Gasteiger partial charge in [0.25, 0.3) is 0 Å². The summed E-state index contributed by atoms with van der Waals surface area (Å²) in [6, 6.07) is 7.52. The normalized spacial score (nSPS) is 18.1. The molecule has 2 rings (SSSR count). The minimum Gasteiger partial charge on any atom is -0.368 e. The molecule has 122 valence electrons. The van der Waals surface area contributed by atoms with E-state index in [9.17, 15) is 0 Å². The molecule has 6 nitrogen and oxygen atoms in total. The predicted molar refractivity (Wildman–Crippen MR) is 95.1 cm³/mol. The first kappa shape index (κ1) is 18.7. The van der Waals surface area contributed by atoms with Gasteiger partial charge in [-0.1, -0.05) is 30.7 Å². The van der Waals surface area contributed by atoms with Crippen molar-refractivity contribution in [1.29, 1.82) is 0 Å². The first-order valence-corrected chi connectivity index (χ1v) is 7.13. The monoisotopic (exact) mass is 389 g/mol. The van der Waals surface area contributed by atoms with Gasteiger partial charge < -0.3 is 11.5 Å². The molecule has 1 atom stereocenters. The smallest absolute Gasteiger partial charge is 0.226 e. The third-order valence-corrected chi connectivity index (χ3v) is 3.42. The zero-order valence-corrected chi connectivity index (χ0v) is 15.3. The summed E-state index contributed by atoms with van der Waals surface area (Å²) in [5.41, 5.74) is 11.9. The Morgan fingerprint density at radius 1 is 1.27 bits per heavy atom. The van der Waals surface area contributed by atoms with Gasteiger partial charge in [0, 0.05) is 5.02 Å². The van der Waals surface area contributed by atoms with Crippen LogP contribution in [0.3, 0.4) is 0 Å². The number of nitrogens with zero attached hydrogens (tertiary/aromatic N) is 3. The first-order valence-electron chi connectivity index (χ1n) is 6.75. The Hall–Kier alpha value is -1.31. The Morgan fingerprint density at radius 3 is 2.36 bits per heavy atom. The molecular formula is C14H21BrClN5O. The van der Waals surface area contributed by atoms with E-state index in [0.717, 1.165) is 12.0 Å². The van der Waals surface area contributed by atoms with Crippen LogP contribution in [0.25, 0.3) is 0 Å². The molecular weight excluding hydrogens is 370 g/mol. The van der Waals surface area contributed by atoms with Crippen molar-refractivity contribution in [3.05, 3.63) is 34.9 Å². The molecule has 1 aromatic carbocycles. The summed E-state index contributed by atoms with van der Waals surface area (Å²) in [5.74, 6) is 0.344. The Kier molecular flexibility index (Phi) is 6.22. The summed E-state index contributed by atoms with van der Waals surface area (Å²) in [7, 11) is 0. The molecule has 4 N–H and O–H groups in total. The lowest BCUT2D eigenvalue weighted by molar-refractivity contribution is -0.197. The van der Waals surface area contributed by atoms with E-state index in [1.165, 1.54) is 5.06 Å². The fourth-order valence-corrected chi connectivity index (χ4v) is 2.28. The number of aliphatic imine (C=N–C) groups is 2. The number of halogens is 2. The van der Waals surface area contributed by atoms with Gasteiger partial charge >= 0.3 is 0 Å². The largest absolute Gasteiger partial charge is 0.368 e. The van der Waals surface area contributed by atoms with Crippen LogP contribution in [0.1, 0.15) is 38.9 Å². The molecule has 1 heterocycles. The molecule has 0 bridgehead atoms. The number of benzene rings is 1. The van der Waals surface area contributed by atoms with Crippen LogP contribution in [-0.4, -0.2) is 22.6 Å². The third-order valence-electron chi connectivity index (χ3n) is 3.17. The van der Waals surface area contributed by atoms with Gasteiger partial charge in [0.2, 0.25) is 11.9 Å². The summed E-state index contributed by atoms with van der Waals surface area (Å²) in [4.78, 5) is 14.2.